The zero-order valence-electron chi connectivity index (χ0n) is 14.4. The van der Waals surface area contributed by atoms with Crippen molar-refractivity contribution in [3.63, 3.8) is 0 Å². The monoisotopic (exact) mass is 320 g/mol. The van der Waals surface area contributed by atoms with Gasteiger partial charge in [0.2, 0.25) is 0 Å². The number of carbonyl (C=O) groups is 1. The maximum atomic E-state index is 12.7. The summed E-state index contributed by atoms with van der Waals surface area (Å²) in [6, 6.07) is 0. The minimum absolute atomic E-state index is 0.0520. The molecule has 0 saturated carbocycles. The van der Waals surface area contributed by atoms with Gasteiger partial charge in [-0.3, -0.25) is 4.79 Å². The standard InChI is InChI=1S/C17H33FO2S/c1-13(2)11-16(17(19)20-12-14(3)4)21-10-8-6-7-9-15(5)18/h13-16H,6-12H2,1-5H3. The van der Waals surface area contributed by atoms with Gasteiger partial charge in [0, 0.05) is 0 Å². The number of carbonyl (C=O) groups excluding carboxylic acids is 1. The molecule has 0 N–H and O–H groups in total. The molecule has 0 rings (SSSR count). The number of thioether (sulfide) groups is 1. The summed E-state index contributed by atoms with van der Waals surface area (Å²) in [6.45, 7) is 10.5. The maximum Gasteiger partial charge on any atom is 0.319 e. The van der Waals surface area contributed by atoms with Gasteiger partial charge in [0.1, 0.15) is 5.25 Å². The molecular formula is C17H33FO2S. The Morgan fingerprint density at radius 2 is 1.71 bits per heavy atom. The first-order chi connectivity index (χ1) is 9.82. The summed E-state index contributed by atoms with van der Waals surface area (Å²) < 4.78 is 18.0. The molecule has 0 fully saturated rings. The maximum absolute atomic E-state index is 12.7. The molecule has 0 bridgehead atoms. The highest BCUT2D eigenvalue weighted by atomic mass is 32.2. The van der Waals surface area contributed by atoms with Crippen LogP contribution in [0.5, 0.6) is 0 Å². The van der Waals surface area contributed by atoms with Crippen molar-refractivity contribution >= 4 is 17.7 Å². The van der Waals surface area contributed by atoms with Gasteiger partial charge < -0.3 is 4.74 Å². The molecule has 0 aromatic carbocycles. The molecule has 0 aliphatic heterocycles. The molecule has 0 amide bonds. The van der Waals surface area contributed by atoms with Crippen molar-refractivity contribution in [2.24, 2.45) is 11.8 Å². The molecule has 0 aromatic heterocycles. The van der Waals surface area contributed by atoms with Gasteiger partial charge in [0.25, 0.3) is 0 Å². The lowest BCUT2D eigenvalue weighted by molar-refractivity contribution is -0.144. The topological polar surface area (TPSA) is 26.3 Å². The average molecular weight is 321 g/mol. The van der Waals surface area contributed by atoms with Gasteiger partial charge in [-0.1, -0.05) is 40.5 Å². The Morgan fingerprint density at radius 3 is 2.24 bits per heavy atom. The van der Waals surface area contributed by atoms with E-state index in [4.69, 9.17) is 4.74 Å². The van der Waals surface area contributed by atoms with E-state index in [9.17, 15) is 9.18 Å². The van der Waals surface area contributed by atoms with Gasteiger partial charge in [0.05, 0.1) is 12.8 Å². The van der Waals surface area contributed by atoms with Crippen molar-refractivity contribution < 1.29 is 13.9 Å². The molecule has 0 aromatic rings. The molecule has 0 aliphatic carbocycles. The fourth-order valence-electron chi connectivity index (χ4n) is 1.93. The van der Waals surface area contributed by atoms with E-state index in [0.717, 1.165) is 31.4 Å². The van der Waals surface area contributed by atoms with Crippen molar-refractivity contribution in [2.45, 2.75) is 78.1 Å². The van der Waals surface area contributed by atoms with E-state index in [1.807, 2.05) is 13.8 Å². The molecule has 0 spiro atoms. The second-order valence-electron chi connectivity index (χ2n) is 6.64. The first-order valence-corrected chi connectivity index (χ1v) is 9.30. The van der Waals surface area contributed by atoms with Gasteiger partial charge in [-0.2, -0.15) is 0 Å². The predicted molar refractivity (Wildman–Crippen MR) is 90.5 cm³/mol. The number of rotatable bonds is 12. The zero-order valence-corrected chi connectivity index (χ0v) is 15.2. The van der Waals surface area contributed by atoms with Crippen LogP contribution in [0.15, 0.2) is 0 Å². The molecule has 0 heterocycles. The van der Waals surface area contributed by atoms with Crippen LogP contribution in [0.1, 0.15) is 66.7 Å². The molecular weight excluding hydrogens is 287 g/mol. The van der Waals surface area contributed by atoms with Gasteiger partial charge in [-0.05, 0) is 43.8 Å². The van der Waals surface area contributed by atoms with E-state index < -0.39 is 6.17 Å². The summed E-state index contributed by atoms with van der Waals surface area (Å²) in [5.74, 6) is 1.75. The molecule has 2 atom stereocenters. The number of ether oxygens (including phenoxy) is 1. The fourth-order valence-corrected chi connectivity index (χ4v) is 3.31. The average Bonchev–Trinajstić information content (AvgIpc) is 2.37. The third kappa shape index (κ3) is 13.2. The van der Waals surface area contributed by atoms with Crippen molar-refractivity contribution in [1.29, 1.82) is 0 Å². The molecule has 21 heavy (non-hydrogen) atoms. The number of halogens is 1. The van der Waals surface area contributed by atoms with Crippen molar-refractivity contribution in [3.05, 3.63) is 0 Å². The van der Waals surface area contributed by atoms with E-state index in [1.54, 1.807) is 18.7 Å². The number of hydrogen-bond acceptors (Lipinski definition) is 3. The quantitative estimate of drug-likeness (QED) is 0.363. The van der Waals surface area contributed by atoms with E-state index in [-0.39, 0.29) is 11.2 Å². The number of unbranched alkanes of at least 4 members (excludes halogenated alkanes) is 2. The van der Waals surface area contributed by atoms with Crippen LogP contribution in [0, 0.1) is 11.8 Å². The van der Waals surface area contributed by atoms with E-state index in [0.29, 0.717) is 24.9 Å². The Morgan fingerprint density at radius 1 is 1.05 bits per heavy atom. The smallest absolute Gasteiger partial charge is 0.319 e. The van der Waals surface area contributed by atoms with Crippen LogP contribution in [-0.2, 0) is 9.53 Å². The van der Waals surface area contributed by atoms with Crippen molar-refractivity contribution in [2.75, 3.05) is 12.4 Å². The van der Waals surface area contributed by atoms with Crippen molar-refractivity contribution in [3.8, 4) is 0 Å². The Hall–Kier alpha value is -0.250. The Kier molecular flexibility index (Phi) is 12.2. The van der Waals surface area contributed by atoms with Crippen LogP contribution in [-0.4, -0.2) is 29.8 Å². The highest BCUT2D eigenvalue weighted by Gasteiger charge is 2.21. The third-order valence-corrected chi connectivity index (χ3v) is 4.38. The molecule has 0 radical (unpaired) electrons. The number of hydrogen-bond donors (Lipinski definition) is 0. The normalized spacial score (nSPS) is 14.5. The zero-order chi connectivity index (χ0) is 16.3. The lowest BCUT2D eigenvalue weighted by Crippen LogP contribution is -2.24. The van der Waals surface area contributed by atoms with E-state index >= 15 is 0 Å². The first-order valence-electron chi connectivity index (χ1n) is 8.25. The Bertz CT molecular complexity index is 268. The van der Waals surface area contributed by atoms with Crippen molar-refractivity contribution in [1.82, 2.24) is 0 Å². The minimum Gasteiger partial charge on any atom is -0.465 e. The van der Waals surface area contributed by atoms with Gasteiger partial charge in [0.15, 0.2) is 0 Å². The van der Waals surface area contributed by atoms with Crippen LogP contribution < -0.4 is 0 Å². The predicted octanol–water partition coefficient (Wildman–Crippen LogP) is 5.25. The lowest BCUT2D eigenvalue weighted by Gasteiger charge is -2.18. The van der Waals surface area contributed by atoms with Crippen LogP contribution in [0.2, 0.25) is 0 Å². The lowest BCUT2D eigenvalue weighted by atomic mass is 10.1. The van der Waals surface area contributed by atoms with Crippen LogP contribution >= 0.6 is 11.8 Å². The Balaban J connectivity index is 3.98. The second kappa shape index (κ2) is 12.3. The molecule has 0 saturated heterocycles. The van der Waals surface area contributed by atoms with Gasteiger partial charge in [-0.15, -0.1) is 11.8 Å². The van der Waals surface area contributed by atoms with Crippen LogP contribution in [0.25, 0.3) is 0 Å². The summed E-state index contributed by atoms with van der Waals surface area (Å²) >= 11 is 1.70. The van der Waals surface area contributed by atoms with Crippen LogP contribution in [0.3, 0.4) is 0 Å². The molecule has 2 unspecified atom stereocenters. The summed E-state index contributed by atoms with van der Waals surface area (Å²) in [5, 5.41) is -0.0520. The SMILES string of the molecule is CC(C)COC(=O)C(CC(C)C)SCCCCCC(C)F. The first kappa shape index (κ1) is 20.8. The second-order valence-corrected chi connectivity index (χ2v) is 7.95. The van der Waals surface area contributed by atoms with E-state index in [2.05, 4.69) is 13.8 Å². The Labute approximate surface area is 134 Å². The third-order valence-electron chi connectivity index (χ3n) is 3.07. The molecule has 4 heteroatoms. The van der Waals surface area contributed by atoms with Gasteiger partial charge >= 0.3 is 5.97 Å². The minimum atomic E-state index is -0.697. The fraction of sp³-hybridized carbons (Fsp3) is 0.941. The molecule has 0 aliphatic rings. The summed E-state index contributed by atoms with van der Waals surface area (Å²) in [5.41, 5.74) is 0. The molecule has 126 valence electrons. The van der Waals surface area contributed by atoms with E-state index in [1.165, 1.54) is 0 Å². The summed E-state index contributed by atoms with van der Waals surface area (Å²) in [4.78, 5) is 12.1. The highest BCUT2D eigenvalue weighted by Crippen LogP contribution is 2.23. The van der Waals surface area contributed by atoms with Gasteiger partial charge in [-0.25, -0.2) is 4.39 Å². The summed E-state index contributed by atoms with van der Waals surface area (Å²) in [6.07, 6.45) is 3.84. The highest BCUT2D eigenvalue weighted by molar-refractivity contribution is 8.00. The summed E-state index contributed by atoms with van der Waals surface area (Å²) in [7, 11) is 0. The number of alkyl halides is 1. The van der Waals surface area contributed by atoms with Crippen LogP contribution in [0.4, 0.5) is 4.39 Å². The largest absolute Gasteiger partial charge is 0.465 e. The number of esters is 1. The molecule has 2 nitrogen and oxygen atoms in total.